The molecule has 2 atom stereocenters. The molecule has 0 bridgehead atoms. The van der Waals surface area contributed by atoms with Crippen LogP contribution in [0.2, 0.25) is 0 Å². The van der Waals surface area contributed by atoms with Gasteiger partial charge in [0.15, 0.2) is 0 Å². The SMILES string of the molecule is C1=CC2Oc3c(cccc3N(c3ccc(-c4ccc5sc6ccccc6c5c4)cc3)c3cccc4ccccc34)C2C=C1. The lowest BCUT2D eigenvalue weighted by Gasteiger charge is -2.28. The van der Waals surface area contributed by atoms with Crippen molar-refractivity contribution in [1.29, 1.82) is 0 Å². The van der Waals surface area contributed by atoms with E-state index in [1.807, 2.05) is 11.3 Å². The van der Waals surface area contributed by atoms with Gasteiger partial charge in [-0.05, 0) is 65.1 Å². The average Bonchev–Trinajstić information content (AvgIpc) is 3.64. The number of hydrogen-bond donors (Lipinski definition) is 0. The maximum atomic E-state index is 6.66. The maximum Gasteiger partial charge on any atom is 0.148 e. The summed E-state index contributed by atoms with van der Waals surface area (Å²) < 4.78 is 9.32. The number of benzene rings is 6. The molecule has 2 unspecified atom stereocenters. The van der Waals surface area contributed by atoms with Crippen LogP contribution in [0.1, 0.15) is 11.5 Å². The number of nitrogens with zero attached hydrogens (tertiary/aromatic N) is 1. The topological polar surface area (TPSA) is 12.5 Å². The van der Waals surface area contributed by atoms with Crippen molar-refractivity contribution in [2.75, 3.05) is 4.90 Å². The number of hydrogen-bond acceptors (Lipinski definition) is 3. The number of ether oxygens (including phenoxy) is 1. The minimum absolute atomic E-state index is 0.0287. The summed E-state index contributed by atoms with van der Waals surface area (Å²) in [6.45, 7) is 0. The summed E-state index contributed by atoms with van der Waals surface area (Å²) >= 11 is 1.86. The first-order chi connectivity index (χ1) is 21.3. The van der Waals surface area contributed by atoms with Crippen LogP contribution < -0.4 is 9.64 Å². The van der Waals surface area contributed by atoms with Crippen LogP contribution in [0.25, 0.3) is 42.1 Å². The average molecular weight is 570 g/mol. The largest absolute Gasteiger partial charge is 0.483 e. The number of anilines is 3. The minimum atomic E-state index is 0.0287. The van der Waals surface area contributed by atoms with Gasteiger partial charge in [-0.1, -0.05) is 103 Å². The molecule has 2 nitrogen and oxygen atoms in total. The van der Waals surface area contributed by atoms with Crippen LogP contribution in [-0.2, 0) is 0 Å². The van der Waals surface area contributed by atoms with Gasteiger partial charge in [0.1, 0.15) is 11.9 Å². The molecule has 0 amide bonds. The Kier molecular flexibility index (Phi) is 5.53. The second kappa shape index (κ2) is 9.72. The highest BCUT2D eigenvalue weighted by Gasteiger charge is 2.35. The third kappa shape index (κ3) is 3.93. The molecule has 204 valence electrons. The first-order valence-corrected chi connectivity index (χ1v) is 15.6. The lowest BCUT2D eigenvalue weighted by molar-refractivity contribution is 0.269. The number of rotatable bonds is 4. The van der Waals surface area contributed by atoms with Crippen LogP contribution in [-0.4, -0.2) is 6.10 Å². The van der Waals surface area contributed by atoms with Gasteiger partial charge >= 0.3 is 0 Å². The molecule has 0 saturated heterocycles. The highest BCUT2D eigenvalue weighted by molar-refractivity contribution is 7.25. The van der Waals surface area contributed by atoms with E-state index in [9.17, 15) is 0 Å². The fourth-order valence-electron chi connectivity index (χ4n) is 6.75. The second-order valence-corrected chi connectivity index (χ2v) is 12.3. The van der Waals surface area contributed by atoms with Crippen molar-refractivity contribution in [1.82, 2.24) is 0 Å². The Morgan fingerprint density at radius 3 is 2.21 bits per heavy atom. The first kappa shape index (κ1) is 24.5. The molecule has 1 aliphatic carbocycles. The smallest absolute Gasteiger partial charge is 0.148 e. The van der Waals surface area contributed by atoms with E-state index in [1.54, 1.807) is 0 Å². The van der Waals surface area contributed by atoms with Gasteiger partial charge in [0, 0.05) is 42.7 Å². The van der Waals surface area contributed by atoms with Crippen LogP contribution in [0.15, 0.2) is 152 Å². The van der Waals surface area contributed by atoms with Crippen LogP contribution in [0, 0.1) is 0 Å². The molecule has 2 heterocycles. The van der Waals surface area contributed by atoms with E-state index < -0.39 is 0 Å². The molecule has 1 aromatic heterocycles. The third-order valence-electron chi connectivity index (χ3n) is 8.81. The van der Waals surface area contributed by atoms with Gasteiger partial charge in [0.2, 0.25) is 0 Å². The number of allylic oxidation sites excluding steroid dienone is 2. The van der Waals surface area contributed by atoms with Crippen LogP contribution in [0.4, 0.5) is 17.1 Å². The Hall–Kier alpha value is -5.12. The normalized spacial score (nSPS) is 16.8. The van der Waals surface area contributed by atoms with E-state index in [0.29, 0.717) is 0 Å². The molecule has 2 aliphatic rings. The molecule has 7 aromatic rings. The molecule has 9 rings (SSSR count). The van der Waals surface area contributed by atoms with E-state index in [2.05, 4.69) is 157 Å². The third-order valence-corrected chi connectivity index (χ3v) is 9.96. The lowest BCUT2D eigenvalue weighted by atomic mass is 9.91. The van der Waals surface area contributed by atoms with Gasteiger partial charge in [0.05, 0.1) is 11.4 Å². The number of fused-ring (bicyclic) bond motifs is 7. The Bertz CT molecular complexity index is 2230. The number of thiophene rings is 1. The molecule has 3 heteroatoms. The summed E-state index contributed by atoms with van der Waals surface area (Å²) in [6.07, 6.45) is 8.67. The molecular formula is C40H27NOS. The van der Waals surface area contributed by atoms with E-state index in [4.69, 9.17) is 4.74 Å². The van der Waals surface area contributed by atoms with Gasteiger partial charge in [-0.3, -0.25) is 0 Å². The predicted molar refractivity (Wildman–Crippen MR) is 182 cm³/mol. The fourth-order valence-corrected chi connectivity index (χ4v) is 7.83. The van der Waals surface area contributed by atoms with E-state index >= 15 is 0 Å². The van der Waals surface area contributed by atoms with E-state index in [-0.39, 0.29) is 12.0 Å². The minimum Gasteiger partial charge on any atom is -0.483 e. The molecule has 43 heavy (non-hydrogen) atoms. The quantitative estimate of drug-likeness (QED) is 0.209. The van der Waals surface area contributed by atoms with Crippen molar-refractivity contribution in [3.63, 3.8) is 0 Å². The molecular weight excluding hydrogens is 543 g/mol. The standard InChI is InChI=1S/C40H27NOS/c1-2-11-30-27(9-1)10-7-15-35(30)41(36-16-8-14-33-31-12-3-5-17-37(31)42-40(33)36)29-22-19-26(20-23-29)28-21-24-39-34(25-28)32-13-4-6-18-38(32)43-39/h1-25,31,37H. The van der Waals surface area contributed by atoms with Crippen molar-refractivity contribution >= 4 is 59.3 Å². The van der Waals surface area contributed by atoms with Crippen LogP contribution >= 0.6 is 11.3 Å². The van der Waals surface area contributed by atoms with Gasteiger partial charge in [-0.15, -0.1) is 11.3 Å². The van der Waals surface area contributed by atoms with Gasteiger partial charge in [-0.2, -0.15) is 0 Å². The summed E-state index contributed by atoms with van der Waals surface area (Å²) in [5.41, 5.74) is 6.96. The predicted octanol–water partition coefficient (Wildman–Crippen LogP) is 11.3. The summed E-state index contributed by atoms with van der Waals surface area (Å²) in [5.74, 6) is 1.19. The molecule has 6 aromatic carbocycles. The Morgan fingerprint density at radius 1 is 0.558 bits per heavy atom. The van der Waals surface area contributed by atoms with Gasteiger partial charge < -0.3 is 9.64 Å². The Morgan fingerprint density at radius 2 is 1.28 bits per heavy atom. The highest BCUT2D eigenvalue weighted by Crippen LogP contribution is 2.51. The molecule has 0 saturated carbocycles. The summed E-state index contributed by atoms with van der Waals surface area (Å²) in [5, 5.41) is 5.06. The fraction of sp³-hybridized carbons (Fsp3) is 0.0500. The zero-order valence-electron chi connectivity index (χ0n) is 23.4. The van der Waals surface area contributed by atoms with Gasteiger partial charge in [-0.25, -0.2) is 0 Å². The maximum absolute atomic E-state index is 6.66. The van der Waals surface area contributed by atoms with Crippen molar-refractivity contribution in [3.8, 4) is 16.9 Å². The molecule has 1 aliphatic heterocycles. The number of para-hydroxylation sites is 1. The summed E-state index contributed by atoms with van der Waals surface area (Å²) in [7, 11) is 0. The Labute approximate surface area is 254 Å². The van der Waals surface area contributed by atoms with Crippen molar-refractivity contribution in [2.45, 2.75) is 12.0 Å². The molecule has 0 radical (unpaired) electrons. The Balaban J connectivity index is 1.19. The summed E-state index contributed by atoms with van der Waals surface area (Å²) in [4.78, 5) is 2.37. The van der Waals surface area contributed by atoms with Crippen molar-refractivity contribution in [2.24, 2.45) is 0 Å². The lowest BCUT2D eigenvalue weighted by Crippen LogP contribution is -2.16. The van der Waals surface area contributed by atoms with Crippen LogP contribution in [0.3, 0.4) is 0 Å². The summed E-state index contributed by atoms with van der Waals surface area (Å²) in [6, 6.07) is 46.2. The molecule has 0 fully saturated rings. The highest BCUT2D eigenvalue weighted by atomic mass is 32.1. The first-order valence-electron chi connectivity index (χ1n) is 14.8. The zero-order chi connectivity index (χ0) is 28.3. The van der Waals surface area contributed by atoms with Gasteiger partial charge in [0.25, 0.3) is 0 Å². The zero-order valence-corrected chi connectivity index (χ0v) is 24.2. The monoisotopic (exact) mass is 569 g/mol. The van der Waals surface area contributed by atoms with Crippen LogP contribution in [0.5, 0.6) is 5.75 Å². The van der Waals surface area contributed by atoms with E-state index in [0.717, 1.165) is 22.8 Å². The molecule has 0 N–H and O–H groups in total. The van der Waals surface area contributed by atoms with E-state index in [1.165, 1.54) is 47.6 Å². The van der Waals surface area contributed by atoms with Crippen molar-refractivity contribution < 1.29 is 4.74 Å². The molecule has 0 spiro atoms. The second-order valence-electron chi connectivity index (χ2n) is 11.3. The van der Waals surface area contributed by atoms with Crippen molar-refractivity contribution in [3.05, 3.63) is 157 Å².